The lowest BCUT2D eigenvalue weighted by Crippen LogP contribution is -2.46. The second-order valence-electron chi connectivity index (χ2n) is 4.91. The van der Waals surface area contributed by atoms with Gasteiger partial charge in [-0.3, -0.25) is 4.79 Å². The van der Waals surface area contributed by atoms with Crippen molar-refractivity contribution < 1.29 is 9.59 Å². The van der Waals surface area contributed by atoms with Gasteiger partial charge >= 0.3 is 6.03 Å². The quantitative estimate of drug-likeness (QED) is 0.877. The van der Waals surface area contributed by atoms with Gasteiger partial charge in [0.15, 0.2) is 0 Å². The molecule has 0 bridgehead atoms. The molecule has 2 N–H and O–H groups in total. The predicted octanol–water partition coefficient (Wildman–Crippen LogP) is 2.71. The third-order valence-electron chi connectivity index (χ3n) is 3.20. The Hall–Kier alpha value is -1.72. The molecule has 1 aliphatic rings. The average Bonchev–Trinajstić information content (AvgIpc) is 2.40. The summed E-state index contributed by atoms with van der Waals surface area (Å²) in [5.41, 5.74) is 1.52. The largest absolute Gasteiger partial charge is 0.345 e. The fraction of sp³-hybridized carbons (Fsp3) is 0.286. The number of rotatable bonds is 2. The molecule has 1 aliphatic heterocycles. The topological polar surface area (TPSA) is 61.4 Å². The lowest BCUT2D eigenvalue weighted by atomic mass is 9.94. The Morgan fingerprint density at radius 2 is 1.95 bits per heavy atom. The zero-order valence-electron chi connectivity index (χ0n) is 11.8. The Bertz CT molecular complexity index is 641. The first-order valence-corrected chi connectivity index (χ1v) is 7.02. The fourth-order valence-corrected chi connectivity index (χ4v) is 2.61. The highest BCUT2D eigenvalue weighted by Gasteiger charge is 2.33. The van der Waals surface area contributed by atoms with Gasteiger partial charge in [-0.1, -0.05) is 35.3 Å². The van der Waals surface area contributed by atoms with E-state index in [1.807, 2.05) is 0 Å². The SMILES string of the molecule is CC1=C(C(=O)N(C)C)[C@H](c2cccc(Cl)c2Cl)NC(=O)N1. The van der Waals surface area contributed by atoms with Gasteiger partial charge in [-0.25, -0.2) is 4.79 Å². The van der Waals surface area contributed by atoms with Gasteiger partial charge in [-0.15, -0.1) is 0 Å². The van der Waals surface area contributed by atoms with Crippen LogP contribution in [0.1, 0.15) is 18.5 Å². The normalized spacial score (nSPS) is 18.1. The number of benzene rings is 1. The van der Waals surface area contributed by atoms with Crippen molar-refractivity contribution in [2.75, 3.05) is 14.1 Å². The van der Waals surface area contributed by atoms with Crippen molar-refractivity contribution in [1.82, 2.24) is 15.5 Å². The van der Waals surface area contributed by atoms with Gasteiger partial charge in [0.25, 0.3) is 5.91 Å². The van der Waals surface area contributed by atoms with Crippen LogP contribution in [0.4, 0.5) is 4.79 Å². The van der Waals surface area contributed by atoms with E-state index in [2.05, 4.69) is 10.6 Å². The molecule has 0 aliphatic carbocycles. The standard InChI is InChI=1S/C14H15Cl2N3O2/c1-7-10(13(20)19(2)3)12(18-14(21)17-7)8-5-4-6-9(15)11(8)16/h4-6,12H,1-3H3,(H2,17,18,21)/t12-/m0/s1. The van der Waals surface area contributed by atoms with E-state index in [1.54, 1.807) is 39.2 Å². The molecule has 2 rings (SSSR count). The van der Waals surface area contributed by atoms with Crippen molar-refractivity contribution in [3.05, 3.63) is 45.1 Å². The first-order valence-electron chi connectivity index (χ1n) is 6.26. The van der Waals surface area contributed by atoms with Gasteiger partial charge in [0.1, 0.15) is 0 Å². The Kier molecular flexibility index (Phi) is 4.44. The van der Waals surface area contributed by atoms with Crippen molar-refractivity contribution in [3.63, 3.8) is 0 Å². The molecule has 0 spiro atoms. The molecule has 1 atom stereocenters. The molecule has 0 saturated carbocycles. The van der Waals surface area contributed by atoms with E-state index in [0.717, 1.165) is 0 Å². The zero-order valence-corrected chi connectivity index (χ0v) is 13.3. The number of likely N-dealkylation sites (N-methyl/N-ethyl adjacent to an activating group) is 1. The Morgan fingerprint density at radius 3 is 2.57 bits per heavy atom. The molecule has 1 aromatic rings. The number of hydrogen-bond donors (Lipinski definition) is 2. The van der Waals surface area contributed by atoms with Crippen molar-refractivity contribution in [1.29, 1.82) is 0 Å². The van der Waals surface area contributed by atoms with Crippen molar-refractivity contribution in [3.8, 4) is 0 Å². The van der Waals surface area contributed by atoms with E-state index < -0.39 is 6.04 Å². The van der Waals surface area contributed by atoms with Gasteiger partial charge < -0.3 is 15.5 Å². The number of carbonyl (C=O) groups is 2. The number of urea groups is 1. The van der Waals surface area contributed by atoms with Crippen LogP contribution in [0.15, 0.2) is 29.5 Å². The monoisotopic (exact) mass is 327 g/mol. The number of amides is 3. The van der Waals surface area contributed by atoms with Gasteiger partial charge in [0, 0.05) is 19.8 Å². The van der Waals surface area contributed by atoms with Crippen molar-refractivity contribution in [2.45, 2.75) is 13.0 Å². The number of halogens is 2. The van der Waals surface area contributed by atoms with Crippen LogP contribution >= 0.6 is 23.2 Å². The Labute approximate surface area is 132 Å². The lowest BCUT2D eigenvalue weighted by Gasteiger charge is -2.30. The number of hydrogen-bond acceptors (Lipinski definition) is 2. The van der Waals surface area contributed by atoms with Gasteiger partial charge in [-0.05, 0) is 18.6 Å². The minimum absolute atomic E-state index is 0.207. The zero-order chi connectivity index (χ0) is 15.7. The maximum absolute atomic E-state index is 12.4. The smallest absolute Gasteiger partial charge is 0.319 e. The summed E-state index contributed by atoms with van der Waals surface area (Å²) in [7, 11) is 3.30. The maximum Gasteiger partial charge on any atom is 0.319 e. The van der Waals surface area contributed by atoms with Crippen LogP contribution in [-0.4, -0.2) is 30.9 Å². The molecule has 1 heterocycles. The molecule has 1 aromatic carbocycles. The molecule has 0 saturated heterocycles. The molecule has 0 unspecified atom stereocenters. The Balaban J connectivity index is 2.58. The summed E-state index contributed by atoms with van der Waals surface area (Å²) in [4.78, 5) is 25.6. The molecular weight excluding hydrogens is 313 g/mol. The summed E-state index contributed by atoms with van der Waals surface area (Å²) >= 11 is 12.2. The third kappa shape index (κ3) is 2.99. The van der Waals surface area contributed by atoms with Crippen LogP contribution in [0, 0.1) is 0 Å². The molecule has 112 valence electrons. The molecule has 0 fully saturated rings. The molecule has 0 radical (unpaired) electrons. The van der Waals surface area contributed by atoms with Gasteiger partial charge in [0.2, 0.25) is 0 Å². The molecular formula is C14H15Cl2N3O2. The summed E-state index contributed by atoms with van der Waals surface area (Å²) in [5.74, 6) is -0.207. The van der Waals surface area contributed by atoms with E-state index in [-0.39, 0.29) is 11.9 Å². The van der Waals surface area contributed by atoms with Crippen LogP contribution in [0.5, 0.6) is 0 Å². The van der Waals surface area contributed by atoms with Crippen LogP contribution in [0.2, 0.25) is 10.0 Å². The van der Waals surface area contributed by atoms with Crippen LogP contribution in [0.25, 0.3) is 0 Å². The lowest BCUT2D eigenvalue weighted by molar-refractivity contribution is -0.125. The number of allylic oxidation sites excluding steroid dienone is 1. The molecule has 3 amide bonds. The van der Waals surface area contributed by atoms with Crippen molar-refractivity contribution >= 4 is 35.1 Å². The minimum atomic E-state index is -0.639. The summed E-state index contributed by atoms with van der Waals surface area (Å²) in [6, 6.07) is 4.09. The summed E-state index contributed by atoms with van der Waals surface area (Å²) in [6.07, 6.45) is 0. The van der Waals surface area contributed by atoms with E-state index in [0.29, 0.717) is 26.9 Å². The second-order valence-corrected chi connectivity index (χ2v) is 5.70. The van der Waals surface area contributed by atoms with Gasteiger partial charge in [0.05, 0.1) is 21.7 Å². The first-order chi connectivity index (χ1) is 9.82. The number of carbonyl (C=O) groups excluding carboxylic acids is 2. The molecule has 5 nitrogen and oxygen atoms in total. The number of nitrogens with zero attached hydrogens (tertiary/aromatic N) is 1. The van der Waals surface area contributed by atoms with Crippen LogP contribution < -0.4 is 10.6 Å². The highest BCUT2D eigenvalue weighted by molar-refractivity contribution is 6.42. The molecule has 7 heteroatoms. The highest BCUT2D eigenvalue weighted by Crippen LogP contribution is 2.35. The Morgan fingerprint density at radius 1 is 1.29 bits per heavy atom. The van der Waals surface area contributed by atoms with E-state index in [1.165, 1.54) is 4.90 Å². The van der Waals surface area contributed by atoms with Gasteiger partial charge in [-0.2, -0.15) is 0 Å². The van der Waals surface area contributed by atoms with E-state index >= 15 is 0 Å². The summed E-state index contributed by atoms with van der Waals surface area (Å²) in [5, 5.41) is 6.02. The maximum atomic E-state index is 12.4. The average molecular weight is 328 g/mol. The minimum Gasteiger partial charge on any atom is -0.345 e. The predicted molar refractivity (Wildman–Crippen MR) is 82.3 cm³/mol. The number of nitrogens with one attached hydrogen (secondary N) is 2. The third-order valence-corrected chi connectivity index (χ3v) is 4.03. The first kappa shape index (κ1) is 15.7. The molecule has 21 heavy (non-hydrogen) atoms. The van der Waals surface area contributed by atoms with E-state index in [9.17, 15) is 9.59 Å². The highest BCUT2D eigenvalue weighted by atomic mass is 35.5. The van der Waals surface area contributed by atoms with E-state index in [4.69, 9.17) is 23.2 Å². The molecule has 0 aromatic heterocycles. The van der Waals surface area contributed by atoms with Crippen LogP contribution in [0.3, 0.4) is 0 Å². The second kappa shape index (κ2) is 5.95. The fourth-order valence-electron chi connectivity index (χ4n) is 2.19. The van der Waals surface area contributed by atoms with Crippen LogP contribution in [-0.2, 0) is 4.79 Å². The van der Waals surface area contributed by atoms with Crippen molar-refractivity contribution in [2.24, 2.45) is 0 Å². The summed E-state index contributed by atoms with van der Waals surface area (Å²) in [6.45, 7) is 1.68. The summed E-state index contributed by atoms with van der Waals surface area (Å²) < 4.78 is 0.